The summed E-state index contributed by atoms with van der Waals surface area (Å²) in [6.45, 7) is 1.47. The topological polar surface area (TPSA) is 46.2 Å². The SMILES string of the molecule is CC(=O)Nc1ccc(CC[C]=O)cc1. The van der Waals surface area contributed by atoms with Crippen molar-refractivity contribution in [3.8, 4) is 0 Å². The van der Waals surface area contributed by atoms with Crippen LogP contribution in [0, 0.1) is 0 Å². The number of amides is 1. The van der Waals surface area contributed by atoms with Crippen molar-refractivity contribution in [2.75, 3.05) is 5.32 Å². The zero-order valence-corrected chi connectivity index (χ0v) is 8.04. The van der Waals surface area contributed by atoms with E-state index in [-0.39, 0.29) is 5.91 Å². The van der Waals surface area contributed by atoms with Crippen molar-refractivity contribution >= 4 is 17.9 Å². The second-order valence-corrected chi connectivity index (χ2v) is 3.02. The summed E-state index contributed by atoms with van der Waals surface area (Å²) in [5, 5.41) is 2.67. The van der Waals surface area contributed by atoms with Gasteiger partial charge >= 0.3 is 0 Å². The molecule has 0 spiro atoms. The van der Waals surface area contributed by atoms with Gasteiger partial charge in [-0.1, -0.05) is 12.1 Å². The van der Waals surface area contributed by atoms with Gasteiger partial charge in [-0.15, -0.1) is 0 Å². The van der Waals surface area contributed by atoms with E-state index in [0.717, 1.165) is 11.3 Å². The third-order valence-electron chi connectivity index (χ3n) is 1.79. The summed E-state index contributed by atoms with van der Waals surface area (Å²) in [6, 6.07) is 7.42. The average molecular weight is 190 g/mol. The van der Waals surface area contributed by atoms with Crippen molar-refractivity contribution in [1.29, 1.82) is 0 Å². The van der Waals surface area contributed by atoms with Crippen LogP contribution in [0.25, 0.3) is 0 Å². The molecular weight excluding hydrogens is 178 g/mol. The lowest BCUT2D eigenvalue weighted by Gasteiger charge is -2.02. The molecule has 3 nitrogen and oxygen atoms in total. The van der Waals surface area contributed by atoms with Gasteiger partial charge in [-0.2, -0.15) is 0 Å². The number of aryl methyl sites for hydroxylation is 1. The molecule has 1 amide bonds. The maximum Gasteiger partial charge on any atom is 0.221 e. The van der Waals surface area contributed by atoms with Gasteiger partial charge in [0.15, 0.2) is 6.29 Å². The lowest BCUT2D eigenvalue weighted by atomic mass is 10.1. The van der Waals surface area contributed by atoms with Crippen LogP contribution in [0.15, 0.2) is 24.3 Å². The number of anilines is 1. The van der Waals surface area contributed by atoms with Crippen LogP contribution in [0.2, 0.25) is 0 Å². The van der Waals surface area contributed by atoms with Gasteiger partial charge in [-0.3, -0.25) is 9.59 Å². The van der Waals surface area contributed by atoms with E-state index in [1.165, 1.54) is 6.92 Å². The predicted molar refractivity (Wildman–Crippen MR) is 54.8 cm³/mol. The summed E-state index contributed by atoms with van der Waals surface area (Å²) >= 11 is 0. The van der Waals surface area contributed by atoms with E-state index in [1.807, 2.05) is 30.6 Å². The molecule has 0 aromatic heterocycles. The number of hydrogen-bond acceptors (Lipinski definition) is 2. The van der Waals surface area contributed by atoms with Crippen LogP contribution >= 0.6 is 0 Å². The van der Waals surface area contributed by atoms with Crippen LogP contribution < -0.4 is 5.32 Å². The third-order valence-corrected chi connectivity index (χ3v) is 1.79. The minimum absolute atomic E-state index is 0.0843. The molecule has 0 unspecified atom stereocenters. The monoisotopic (exact) mass is 190 g/mol. The van der Waals surface area contributed by atoms with Gasteiger partial charge in [0.1, 0.15) is 0 Å². The first-order valence-electron chi connectivity index (χ1n) is 4.44. The molecule has 0 aliphatic carbocycles. The Balaban J connectivity index is 2.58. The highest BCUT2D eigenvalue weighted by Gasteiger charge is 1.96. The lowest BCUT2D eigenvalue weighted by Crippen LogP contribution is -2.05. The summed E-state index contributed by atoms with van der Waals surface area (Å²) in [7, 11) is 0. The number of hydrogen-bond donors (Lipinski definition) is 1. The molecule has 1 aromatic carbocycles. The molecule has 0 aliphatic rings. The standard InChI is InChI=1S/C11H12NO2/c1-9(14)12-11-6-4-10(5-7-11)3-2-8-13/h4-7H,2-3H2,1H3,(H,12,14). The summed E-state index contributed by atoms with van der Waals surface area (Å²) in [5.41, 5.74) is 1.85. The van der Waals surface area contributed by atoms with Gasteiger partial charge in [0, 0.05) is 19.0 Å². The molecule has 0 saturated heterocycles. The molecule has 0 bridgehead atoms. The molecule has 1 radical (unpaired) electrons. The molecule has 14 heavy (non-hydrogen) atoms. The van der Waals surface area contributed by atoms with Crippen molar-refractivity contribution in [2.45, 2.75) is 19.8 Å². The van der Waals surface area contributed by atoms with Gasteiger partial charge < -0.3 is 5.32 Å². The second kappa shape index (κ2) is 5.17. The fourth-order valence-corrected chi connectivity index (χ4v) is 1.15. The van der Waals surface area contributed by atoms with E-state index >= 15 is 0 Å². The molecule has 0 aliphatic heterocycles. The van der Waals surface area contributed by atoms with Gasteiger partial charge in [-0.05, 0) is 24.1 Å². The Morgan fingerprint density at radius 1 is 1.36 bits per heavy atom. The highest BCUT2D eigenvalue weighted by atomic mass is 16.1. The Hall–Kier alpha value is -1.64. The maximum atomic E-state index is 10.7. The molecule has 0 fully saturated rings. The normalized spacial score (nSPS) is 9.50. The number of carbonyl (C=O) groups is 1. The van der Waals surface area contributed by atoms with Crippen LogP contribution in [-0.4, -0.2) is 12.2 Å². The van der Waals surface area contributed by atoms with Gasteiger partial charge in [0.05, 0.1) is 0 Å². The van der Waals surface area contributed by atoms with Crippen molar-refractivity contribution in [3.63, 3.8) is 0 Å². The molecule has 1 N–H and O–H groups in total. The summed E-state index contributed by atoms with van der Waals surface area (Å²) in [4.78, 5) is 20.7. The Morgan fingerprint density at radius 3 is 2.50 bits per heavy atom. The number of benzene rings is 1. The fraction of sp³-hybridized carbons (Fsp3) is 0.273. The summed E-state index contributed by atoms with van der Waals surface area (Å²) in [5.74, 6) is -0.0843. The molecule has 73 valence electrons. The summed E-state index contributed by atoms with van der Waals surface area (Å²) < 4.78 is 0. The smallest absolute Gasteiger partial charge is 0.221 e. The zero-order valence-electron chi connectivity index (χ0n) is 8.04. The van der Waals surface area contributed by atoms with Gasteiger partial charge in [0.2, 0.25) is 5.91 Å². The molecule has 0 atom stereocenters. The summed E-state index contributed by atoms with van der Waals surface area (Å²) in [6.07, 6.45) is 2.96. The maximum absolute atomic E-state index is 10.7. The van der Waals surface area contributed by atoms with E-state index in [1.54, 1.807) is 0 Å². The Bertz CT molecular complexity index is 317. The largest absolute Gasteiger partial charge is 0.326 e. The highest BCUT2D eigenvalue weighted by Crippen LogP contribution is 2.10. The minimum atomic E-state index is -0.0843. The molecule has 1 rings (SSSR count). The van der Waals surface area contributed by atoms with Crippen LogP contribution in [0.5, 0.6) is 0 Å². The zero-order chi connectivity index (χ0) is 10.4. The average Bonchev–Trinajstić information content (AvgIpc) is 2.16. The Morgan fingerprint density at radius 2 is 2.00 bits per heavy atom. The highest BCUT2D eigenvalue weighted by molar-refractivity contribution is 5.88. The number of carbonyl (C=O) groups excluding carboxylic acids is 2. The first kappa shape index (κ1) is 10.4. The number of rotatable bonds is 4. The van der Waals surface area contributed by atoms with Crippen LogP contribution in [0.4, 0.5) is 5.69 Å². The first-order valence-corrected chi connectivity index (χ1v) is 4.44. The van der Waals surface area contributed by atoms with Crippen LogP contribution in [0.1, 0.15) is 18.9 Å². The van der Waals surface area contributed by atoms with E-state index < -0.39 is 0 Å². The third kappa shape index (κ3) is 3.39. The van der Waals surface area contributed by atoms with Crippen molar-refractivity contribution < 1.29 is 9.59 Å². The van der Waals surface area contributed by atoms with E-state index in [9.17, 15) is 9.59 Å². The molecule has 3 heteroatoms. The van der Waals surface area contributed by atoms with E-state index in [0.29, 0.717) is 12.8 Å². The van der Waals surface area contributed by atoms with E-state index in [2.05, 4.69) is 5.32 Å². The fourth-order valence-electron chi connectivity index (χ4n) is 1.15. The van der Waals surface area contributed by atoms with Gasteiger partial charge in [-0.25, -0.2) is 0 Å². The van der Waals surface area contributed by atoms with Crippen molar-refractivity contribution in [3.05, 3.63) is 29.8 Å². The van der Waals surface area contributed by atoms with Gasteiger partial charge in [0.25, 0.3) is 0 Å². The number of nitrogens with one attached hydrogen (secondary N) is 1. The van der Waals surface area contributed by atoms with E-state index in [4.69, 9.17) is 0 Å². The molecule has 0 heterocycles. The Kier molecular flexibility index (Phi) is 3.85. The quantitative estimate of drug-likeness (QED) is 0.785. The minimum Gasteiger partial charge on any atom is -0.326 e. The van der Waals surface area contributed by atoms with Crippen molar-refractivity contribution in [1.82, 2.24) is 0 Å². The van der Waals surface area contributed by atoms with Crippen LogP contribution in [0.3, 0.4) is 0 Å². The lowest BCUT2D eigenvalue weighted by molar-refractivity contribution is -0.114. The van der Waals surface area contributed by atoms with Crippen molar-refractivity contribution in [2.24, 2.45) is 0 Å². The Labute approximate surface area is 83.1 Å². The van der Waals surface area contributed by atoms with Crippen LogP contribution in [-0.2, 0) is 16.0 Å². The second-order valence-electron chi connectivity index (χ2n) is 3.02. The molecule has 1 aromatic rings. The molecular formula is C11H12NO2. The predicted octanol–water partition coefficient (Wildman–Crippen LogP) is 1.69. The first-order chi connectivity index (χ1) is 6.72. The molecule has 0 saturated carbocycles.